The smallest absolute Gasteiger partial charge is 0.233 e. The average Bonchev–Trinajstić information content (AvgIpc) is 2.95. The fraction of sp³-hybridized carbons (Fsp3) is 0.400. The molecule has 0 aliphatic carbocycles. The highest BCUT2D eigenvalue weighted by Crippen LogP contribution is 2.31. The number of halogens is 1. The minimum atomic E-state index is -0.0230. The molecule has 3 rings (SSSR count). The van der Waals surface area contributed by atoms with Crippen LogP contribution in [0.2, 0.25) is 5.02 Å². The van der Waals surface area contributed by atoms with Gasteiger partial charge in [-0.25, -0.2) is 4.98 Å². The van der Waals surface area contributed by atoms with Gasteiger partial charge in [0.15, 0.2) is 10.2 Å². The molecule has 1 aromatic carbocycles. The number of hydrogen-bond acceptors (Lipinski definition) is 6. The third-order valence-electron chi connectivity index (χ3n) is 3.64. The fourth-order valence-electron chi connectivity index (χ4n) is 2.42. The minimum Gasteiger partial charge on any atom is -0.345 e. The second-order valence-corrected chi connectivity index (χ2v) is 7.85. The SMILES string of the molecule is CC(=O)SCC(=O)N1CCN(c2nc3ccc(Cl)cc3s2)CC1. The highest BCUT2D eigenvalue weighted by atomic mass is 35.5. The lowest BCUT2D eigenvalue weighted by Crippen LogP contribution is -2.49. The van der Waals surface area contributed by atoms with Crippen molar-refractivity contribution in [2.24, 2.45) is 0 Å². The number of hydrogen-bond donors (Lipinski definition) is 0. The number of benzene rings is 1. The molecule has 1 fully saturated rings. The number of amides is 1. The van der Waals surface area contributed by atoms with Crippen LogP contribution in [0.3, 0.4) is 0 Å². The van der Waals surface area contributed by atoms with Crippen molar-refractivity contribution in [3.8, 4) is 0 Å². The summed E-state index contributed by atoms with van der Waals surface area (Å²) < 4.78 is 1.07. The van der Waals surface area contributed by atoms with Gasteiger partial charge in [-0.3, -0.25) is 9.59 Å². The van der Waals surface area contributed by atoms with Crippen LogP contribution in [-0.2, 0) is 9.59 Å². The van der Waals surface area contributed by atoms with Gasteiger partial charge in [-0.15, -0.1) is 0 Å². The molecular weight excluding hydrogens is 354 g/mol. The van der Waals surface area contributed by atoms with Gasteiger partial charge in [0.05, 0.1) is 16.0 Å². The number of thiazole rings is 1. The van der Waals surface area contributed by atoms with Gasteiger partial charge in [-0.05, 0) is 18.2 Å². The number of nitrogens with zero attached hydrogens (tertiary/aromatic N) is 3. The lowest BCUT2D eigenvalue weighted by atomic mass is 10.3. The van der Waals surface area contributed by atoms with E-state index < -0.39 is 0 Å². The van der Waals surface area contributed by atoms with Crippen LogP contribution in [0, 0.1) is 0 Å². The maximum atomic E-state index is 12.0. The molecular formula is C15H16ClN3O2S2. The van der Waals surface area contributed by atoms with Gasteiger partial charge in [0.1, 0.15) is 0 Å². The van der Waals surface area contributed by atoms with Gasteiger partial charge in [-0.2, -0.15) is 0 Å². The second-order valence-electron chi connectivity index (χ2n) is 5.26. The van der Waals surface area contributed by atoms with E-state index in [0.717, 1.165) is 40.2 Å². The Morgan fingerprint density at radius 2 is 2.04 bits per heavy atom. The van der Waals surface area contributed by atoms with Crippen LogP contribution in [0.4, 0.5) is 5.13 Å². The molecule has 23 heavy (non-hydrogen) atoms. The van der Waals surface area contributed by atoms with E-state index in [2.05, 4.69) is 9.88 Å². The van der Waals surface area contributed by atoms with E-state index in [1.54, 1.807) is 11.3 Å². The molecule has 2 heterocycles. The van der Waals surface area contributed by atoms with Gasteiger partial charge in [0.2, 0.25) is 5.91 Å². The number of fused-ring (bicyclic) bond motifs is 1. The highest BCUT2D eigenvalue weighted by Gasteiger charge is 2.23. The Morgan fingerprint density at radius 3 is 2.74 bits per heavy atom. The second kappa shape index (κ2) is 7.07. The quantitative estimate of drug-likeness (QED) is 0.832. The Labute approximate surface area is 147 Å². The molecule has 1 saturated heterocycles. The zero-order valence-corrected chi connectivity index (χ0v) is 15.0. The predicted octanol–water partition coefficient (Wildman–Crippen LogP) is 2.88. The largest absolute Gasteiger partial charge is 0.345 e. The number of piperazine rings is 1. The van der Waals surface area contributed by atoms with E-state index in [1.807, 2.05) is 23.1 Å². The Hall–Kier alpha value is -1.31. The fourth-order valence-corrected chi connectivity index (χ4v) is 4.23. The number of carbonyl (C=O) groups excluding carboxylic acids is 2. The van der Waals surface area contributed by atoms with Crippen molar-refractivity contribution in [2.45, 2.75) is 6.92 Å². The predicted molar refractivity (Wildman–Crippen MR) is 96.6 cm³/mol. The van der Waals surface area contributed by atoms with Gasteiger partial charge < -0.3 is 9.80 Å². The van der Waals surface area contributed by atoms with Crippen LogP contribution in [0.5, 0.6) is 0 Å². The van der Waals surface area contributed by atoms with E-state index in [4.69, 9.17) is 11.6 Å². The molecule has 1 aliphatic heterocycles. The summed E-state index contributed by atoms with van der Waals surface area (Å²) in [4.78, 5) is 31.6. The van der Waals surface area contributed by atoms with Crippen molar-refractivity contribution in [1.29, 1.82) is 0 Å². The molecule has 0 radical (unpaired) electrons. The first kappa shape index (κ1) is 16.5. The Morgan fingerprint density at radius 1 is 1.30 bits per heavy atom. The first-order chi connectivity index (χ1) is 11.0. The molecule has 0 N–H and O–H groups in total. The summed E-state index contributed by atoms with van der Waals surface area (Å²) in [5.41, 5.74) is 0.950. The molecule has 2 aromatic rings. The summed E-state index contributed by atoms with van der Waals surface area (Å²) in [6, 6.07) is 5.70. The summed E-state index contributed by atoms with van der Waals surface area (Å²) in [7, 11) is 0. The zero-order valence-electron chi connectivity index (χ0n) is 12.6. The number of thioether (sulfide) groups is 1. The molecule has 0 saturated carbocycles. The standard InChI is InChI=1S/C15H16ClN3O2S2/c1-10(20)22-9-14(21)18-4-6-19(7-5-18)15-17-12-3-2-11(16)8-13(12)23-15/h2-3,8H,4-7,9H2,1H3. The molecule has 5 nitrogen and oxygen atoms in total. The van der Waals surface area contributed by atoms with Crippen LogP contribution in [0.15, 0.2) is 18.2 Å². The molecule has 0 spiro atoms. The molecule has 122 valence electrons. The number of rotatable bonds is 3. The maximum Gasteiger partial charge on any atom is 0.233 e. The van der Waals surface area contributed by atoms with Crippen LogP contribution in [0.1, 0.15) is 6.92 Å². The zero-order chi connectivity index (χ0) is 16.4. The highest BCUT2D eigenvalue weighted by molar-refractivity contribution is 8.14. The van der Waals surface area contributed by atoms with Crippen LogP contribution < -0.4 is 4.90 Å². The molecule has 0 unspecified atom stereocenters. The summed E-state index contributed by atoms with van der Waals surface area (Å²) in [6.07, 6.45) is 0. The van der Waals surface area contributed by atoms with Gasteiger partial charge in [-0.1, -0.05) is 34.7 Å². The third-order valence-corrected chi connectivity index (χ3v) is 5.75. The molecule has 0 bridgehead atoms. The molecule has 0 atom stereocenters. The maximum absolute atomic E-state index is 12.0. The van der Waals surface area contributed by atoms with Crippen molar-refractivity contribution >= 4 is 61.1 Å². The summed E-state index contributed by atoms with van der Waals surface area (Å²) in [5, 5.41) is 1.66. The van der Waals surface area contributed by atoms with Crippen molar-refractivity contribution in [1.82, 2.24) is 9.88 Å². The van der Waals surface area contributed by atoms with Crippen molar-refractivity contribution in [2.75, 3.05) is 36.8 Å². The van der Waals surface area contributed by atoms with Crippen molar-refractivity contribution in [3.05, 3.63) is 23.2 Å². The Kier molecular flexibility index (Phi) is 5.08. The molecule has 8 heteroatoms. The van der Waals surface area contributed by atoms with Crippen LogP contribution in [0.25, 0.3) is 10.2 Å². The van der Waals surface area contributed by atoms with E-state index in [-0.39, 0.29) is 16.8 Å². The Bertz CT molecular complexity index is 741. The average molecular weight is 370 g/mol. The van der Waals surface area contributed by atoms with E-state index >= 15 is 0 Å². The van der Waals surface area contributed by atoms with Crippen molar-refractivity contribution < 1.29 is 9.59 Å². The van der Waals surface area contributed by atoms with E-state index in [9.17, 15) is 9.59 Å². The lowest BCUT2D eigenvalue weighted by Gasteiger charge is -2.34. The molecule has 1 aliphatic rings. The lowest BCUT2D eigenvalue weighted by molar-refractivity contribution is -0.128. The third kappa shape index (κ3) is 3.97. The number of aromatic nitrogens is 1. The monoisotopic (exact) mass is 369 g/mol. The number of anilines is 1. The van der Waals surface area contributed by atoms with Crippen LogP contribution >= 0.6 is 34.7 Å². The van der Waals surface area contributed by atoms with Crippen molar-refractivity contribution in [3.63, 3.8) is 0 Å². The molecule has 1 aromatic heterocycles. The van der Waals surface area contributed by atoms with E-state index in [0.29, 0.717) is 18.1 Å². The summed E-state index contributed by atoms with van der Waals surface area (Å²) >= 11 is 8.70. The van der Waals surface area contributed by atoms with E-state index in [1.165, 1.54) is 6.92 Å². The first-order valence-corrected chi connectivity index (χ1v) is 9.43. The summed E-state index contributed by atoms with van der Waals surface area (Å²) in [6.45, 7) is 4.31. The van der Waals surface area contributed by atoms with Gasteiger partial charge in [0.25, 0.3) is 0 Å². The Balaban J connectivity index is 1.61. The van der Waals surface area contributed by atoms with Crippen LogP contribution in [-0.4, -0.2) is 52.8 Å². The number of carbonyl (C=O) groups is 2. The van der Waals surface area contributed by atoms with Gasteiger partial charge in [0, 0.05) is 38.1 Å². The normalized spacial score (nSPS) is 15.2. The summed E-state index contributed by atoms with van der Waals surface area (Å²) in [5.74, 6) is 0.260. The first-order valence-electron chi connectivity index (χ1n) is 7.25. The van der Waals surface area contributed by atoms with Gasteiger partial charge >= 0.3 is 0 Å². The minimum absolute atomic E-state index is 0.0230. The molecule has 1 amide bonds. The topological polar surface area (TPSA) is 53.5 Å².